The van der Waals surface area contributed by atoms with E-state index in [0.717, 1.165) is 22.0 Å². The normalized spacial score (nSPS) is 11.0. The number of nitrogens with zero attached hydrogens (tertiary/aromatic N) is 5. The van der Waals surface area contributed by atoms with Crippen molar-refractivity contribution in [2.24, 2.45) is 7.05 Å². The second-order valence-corrected chi connectivity index (χ2v) is 8.00. The van der Waals surface area contributed by atoms with E-state index in [2.05, 4.69) is 20.4 Å². The Bertz CT molecular complexity index is 1180. The number of amides is 1. The Hall–Kier alpha value is -2.97. The zero-order chi connectivity index (χ0) is 20.5. The fourth-order valence-electron chi connectivity index (χ4n) is 3.07. The summed E-state index contributed by atoms with van der Waals surface area (Å²) in [6, 6.07) is 9.84. The van der Waals surface area contributed by atoms with Crippen LogP contribution in [-0.2, 0) is 13.6 Å². The number of benzene rings is 1. The summed E-state index contributed by atoms with van der Waals surface area (Å²) in [6.45, 7) is 4.16. The van der Waals surface area contributed by atoms with Gasteiger partial charge in [-0.1, -0.05) is 53.3 Å². The van der Waals surface area contributed by atoms with Crippen molar-refractivity contribution in [2.45, 2.75) is 20.4 Å². The summed E-state index contributed by atoms with van der Waals surface area (Å²) in [4.78, 5) is 22.6. The Morgan fingerprint density at radius 1 is 1.21 bits per heavy atom. The molecule has 0 atom stereocenters. The van der Waals surface area contributed by atoms with Crippen molar-refractivity contribution in [2.75, 3.05) is 5.32 Å². The lowest BCUT2D eigenvalue weighted by Gasteiger charge is -2.04. The molecule has 148 valence electrons. The van der Waals surface area contributed by atoms with Crippen LogP contribution in [0.25, 0.3) is 10.7 Å². The minimum atomic E-state index is -0.327. The molecule has 0 unspecified atom stereocenters. The predicted molar refractivity (Wildman–Crippen MR) is 115 cm³/mol. The van der Waals surface area contributed by atoms with Crippen LogP contribution in [0.4, 0.5) is 5.13 Å². The molecule has 9 heteroatoms. The van der Waals surface area contributed by atoms with Crippen molar-refractivity contribution >= 4 is 34.0 Å². The number of aryl methyl sites for hydroxylation is 3. The van der Waals surface area contributed by atoms with Gasteiger partial charge in [0.1, 0.15) is 5.15 Å². The zero-order valence-corrected chi connectivity index (χ0v) is 17.8. The Balaban J connectivity index is 1.57. The number of carbonyl (C=O) groups is 1. The molecule has 4 aromatic rings. The topological polar surface area (TPSA) is 77.6 Å². The van der Waals surface area contributed by atoms with Gasteiger partial charge in [-0.25, -0.2) is 14.6 Å². The van der Waals surface area contributed by atoms with Gasteiger partial charge in [-0.3, -0.25) is 10.1 Å². The minimum absolute atomic E-state index is 0.307. The fraction of sp³-hybridized carbons (Fsp3) is 0.200. The van der Waals surface area contributed by atoms with E-state index in [1.165, 1.54) is 11.3 Å². The van der Waals surface area contributed by atoms with Crippen LogP contribution in [0.15, 0.2) is 42.7 Å². The number of carbonyl (C=O) groups excluding carboxylic acids is 1. The largest absolute Gasteiger partial charge is 0.333 e. The molecule has 0 fully saturated rings. The van der Waals surface area contributed by atoms with Crippen LogP contribution >= 0.6 is 22.9 Å². The molecule has 0 saturated carbocycles. The number of halogens is 1. The molecule has 0 aliphatic rings. The number of hydrogen-bond acceptors (Lipinski definition) is 5. The minimum Gasteiger partial charge on any atom is -0.333 e. The van der Waals surface area contributed by atoms with E-state index in [9.17, 15) is 4.79 Å². The van der Waals surface area contributed by atoms with Gasteiger partial charge in [-0.15, -0.1) is 0 Å². The SMILES string of the molecule is Cc1nc(NC(=O)c2c(C)nn(Cc3ccccc3)c2Cl)sc1-c1nccn1C. The van der Waals surface area contributed by atoms with E-state index in [4.69, 9.17) is 11.6 Å². The summed E-state index contributed by atoms with van der Waals surface area (Å²) in [7, 11) is 1.92. The second-order valence-electron chi connectivity index (χ2n) is 6.64. The average molecular weight is 427 g/mol. The summed E-state index contributed by atoms with van der Waals surface area (Å²) in [5, 5.41) is 8.09. The third-order valence-corrected chi connectivity index (χ3v) is 5.96. The molecule has 0 saturated heterocycles. The highest BCUT2D eigenvalue weighted by Crippen LogP contribution is 2.32. The number of anilines is 1. The maximum atomic E-state index is 12.9. The number of thiazole rings is 1. The smallest absolute Gasteiger partial charge is 0.262 e. The molecule has 1 aromatic carbocycles. The van der Waals surface area contributed by atoms with E-state index >= 15 is 0 Å². The highest BCUT2D eigenvalue weighted by atomic mass is 35.5. The zero-order valence-electron chi connectivity index (χ0n) is 16.2. The molecule has 1 amide bonds. The van der Waals surface area contributed by atoms with Crippen molar-refractivity contribution in [1.82, 2.24) is 24.3 Å². The molecule has 3 aromatic heterocycles. The van der Waals surface area contributed by atoms with Crippen LogP contribution < -0.4 is 5.32 Å². The quantitative estimate of drug-likeness (QED) is 0.515. The Labute approximate surface area is 177 Å². The van der Waals surface area contributed by atoms with Gasteiger partial charge in [0.05, 0.1) is 28.4 Å². The molecule has 29 heavy (non-hydrogen) atoms. The first-order chi connectivity index (χ1) is 13.9. The van der Waals surface area contributed by atoms with Gasteiger partial charge in [0, 0.05) is 19.4 Å². The monoisotopic (exact) mass is 426 g/mol. The lowest BCUT2D eigenvalue weighted by molar-refractivity contribution is 0.102. The van der Waals surface area contributed by atoms with Gasteiger partial charge >= 0.3 is 0 Å². The van der Waals surface area contributed by atoms with Gasteiger partial charge in [-0.05, 0) is 19.4 Å². The molecule has 0 aliphatic heterocycles. The van der Waals surface area contributed by atoms with Crippen LogP contribution in [-0.4, -0.2) is 30.2 Å². The highest BCUT2D eigenvalue weighted by Gasteiger charge is 2.22. The van der Waals surface area contributed by atoms with Gasteiger partial charge in [-0.2, -0.15) is 5.10 Å². The van der Waals surface area contributed by atoms with Crippen molar-refractivity contribution in [3.05, 3.63) is 70.4 Å². The number of hydrogen-bond donors (Lipinski definition) is 1. The first kappa shape index (κ1) is 19.4. The number of rotatable bonds is 5. The van der Waals surface area contributed by atoms with E-state index < -0.39 is 0 Å². The highest BCUT2D eigenvalue weighted by molar-refractivity contribution is 7.19. The maximum Gasteiger partial charge on any atom is 0.262 e. The lowest BCUT2D eigenvalue weighted by atomic mass is 10.2. The number of nitrogens with one attached hydrogen (secondary N) is 1. The van der Waals surface area contributed by atoms with Gasteiger partial charge in [0.25, 0.3) is 5.91 Å². The summed E-state index contributed by atoms with van der Waals surface area (Å²) < 4.78 is 3.55. The van der Waals surface area contributed by atoms with Gasteiger partial charge < -0.3 is 4.57 Å². The molecular weight excluding hydrogens is 408 g/mol. The van der Waals surface area contributed by atoms with Crippen LogP contribution in [0.1, 0.15) is 27.3 Å². The summed E-state index contributed by atoms with van der Waals surface area (Å²) in [5.41, 5.74) is 2.79. The van der Waals surface area contributed by atoms with Crippen LogP contribution in [0.2, 0.25) is 5.15 Å². The summed E-state index contributed by atoms with van der Waals surface area (Å²) in [6.07, 6.45) is 3.61. The van der Waals surface area contributed by atoms with Crippen LogP contribution in [0.5, 0.6) is 0 Å². The van der Waals surface area contributed by atoms with Crippen LogP contribution in [0.3, 0.4) is 0 Å². The van der Waals surface area contributed by atoms with Crippen molar-refractivity contribution in [3.63, 3.8) is 0 Å². The predicted octanol–water partition coefficient (Wildman–Crippen LogP) is 4.31. The van der Waals surface area contributed by atoms with E-state index in [1.54, 1.807) is 17.8 Å². The van der Waals surface area contributed by atoms with Crippen molar-refractivity contribution in [3.8, 4) is 10.7 Å². The Kier molecular flexibility index (Phi) is 5.21. The van der Waals surface area contributed by atoms with E-state index in [0.29, 0.717) is 28.1 Å². The fourth-order valence-corrected chi connectivity index (χ4v) is 4.39. The average Bonchev–Trinajstić information content (AvgIpc) is 3.34. The Morgan fingerprint density at radius 3 is 2.66 bits per heavy atom. The molecule has 1 N–H and O–H groups in total. The molecule has 3 heterocycles. The molecule has 0 bridgehead atoms. The molecule has 7 nitrogen and oxygen atoms in total. The number of imidazole rings is 1. The number of aromatic nitrogens is 5. The first-order valence-corrected chi connectivity index (χ1v) is 10.2. The molecule has 0 spiro atoms. The molecule has 0 aliphatic carbocycles. The van der Waals surface area contributed by atoms with Gasteiger partial charge in [0.2, 0.25) is 0 Å². The maximum absolute atomic E-state index is 12.9. The van der Waals surface area contributed by atoms with Crippen LogP contribution in [0, 0.1) is 13.8 Å². The summed E-state index contributed by atoms with van der Waals surface area (Å²) in [5.74, 6) is 0.484. The Morgan fingerprint density at radius 2 is 1.97 bits per heavy atom. The second kappa shape index (κ2) is 7.81. The standard InChI is InChI=1S/C20H19ClN6OS/c1-12-15(17(21)27(25-12)11-14-7-5-4-6-8-14)19(28)24-20-23-13(2)16(29-20)18-22-9-10-26(18)3/h4-10H,11H2,1-3H3,(H,23,24,28). The lowest BCUT2D eigenvalue weighted by Crippen LogP contribution is -2.13. The molecular formula is C20H19ClN6OS. The third kappa shape index (κ3) is 3.81. The molecule has 4 rings (SSSR count). The van der Waals surface area contributed by atoms with E-state index in [-0.39, 0.29) is 5.91 Å². The first-order valence-electron chi connectivity index (χ1n) is 8.97. The van der Waals surface area contributed by atoms with Gasteiger partial charge in [0.15, 0.2) is 11.0 Å². The third-order valence-electron chi connectivity index (χ3n) is 4.51. The van der Waals surface area contributed by atoms with Crippen molar-refractivity contribution < 1.29 is 4.79 Å². The molecule has 0 radical (unpaired) electrons. The van der Waals surface area contributed by atoms with E-state index in [1.807, 2.05) is 55.1 Å². The summed E-state index contributed by atoms with van der Waals surface area (Å²) >= 11 is 7.87. The van der Waals surface area contributed by atoms with Crippen molar-refractivity contribution in [1.29, 1.82) is 0 Å².